The minimum Gasteiger partial charge on any atom is -0.473 e. The summed E-state index contributed by atoms with van der Waals surface area (Å²) in [5.74, 6) is -3.03. The number of rotatable bonds is 6. The molecule has 1 saturated heterocycles. The second-order valence-electron chi connectivity index (χ2n) is 7.74. The molecule has 12 nitrogen and oxygen atoms in total. The molecule has 0 amide bonds. The molecule has 1 aliphatic heterocycles. The zero-order chi connectivity index (χ0) is 25.4. The average molecular weight is 476 g/mol. The smallest absolute Gasteiger partial charge is 0.414 e. The van der Waals surface area contributed by atoms with Gasteiger partial charge in [-0.25, -0.2) is 14.4 Å². The summed E-state index contributed by atoms with van der Waals surface area (Å²) in [6.07, 6.45) is 0. The Morgan fingerprint density at radius 1 is 0.912 bits per heavy atom. The average Bonchev–Trinajstić information content (AvgIpc) is 2.81. The predicted octanol–water partition coefficient (Wildman–Crippen LogP) is -0.324. The molecule has 1 aromatic heterocycles. The number of benzene rings is 1. The Hall–Kier alpha value is -3.93. The zero-order valence-electron chi connectivity index (χ0n) is 19.4. The maximum absolute atomic E-state index is 12.0. The highest BCUT2D eigenvalue weighted by molar-refractivity contribution is 6.27. The Balaban J connectivity index is 0.000000604. The van der Waals surface area contributed by atoms with Crippen LogP contribution in [0, 0.1) is 0 Å². The van der Waals surface area contributed by atoms with Crippen molar-refractivity contribution in [2.75, 3.05) is 49.5 Å². The monoisotopic (exact) mass is 475 g/mol. The highest BCUT2D eigenvalue weighted by atomic mass is 16.4. The highest BCUT2D eigenvalue weighted by Crippen LogP contribution is 2.17. The number of hydrogen-bond donors (Lipinski definition) is 3. The van der Waals surface area contributed by atoms with Crippen molar-refractivity contribution in [1.82, 2.24) is 14.0 Å². The number of nitrogens with one attached hydrogen (secondary N) is 1. The number of piperazine rings is 1. The van der Waals surface area contributed by atoms with E-state index in [-0.39, 0.29) is 17.0 Å². The summed E-state index contributed by atoms with van der Waals surface area (Å²) in [5, 5.41) is 18.0. The lowest BCUT2D eigenvalue weighted by molar-refractivity contribution is -0.159. The molecule has 184 valence electrons. The van der Waals surface area contributed by atoms with Crippen LogP contribution >= 0.6 is 0 Å². The summed E-state index contributed by atoms with van der Waals surface area (Å²) < 4.78 is 2.54. The SMILES string of the molecule is CC(=O)c1ccc(N2CCN(CCNc3cc(=O)n(C)c(=O)n3C)CC2)cc1.O=C(O)C(=O)O. The van der Waals surface area contributed by atoms with E-state index in [1.807, 2.05) is 24.3 Å². The van der Waals surface area contributed by atoms with E-state index in [1.54, 1.807) is 14.0 Å². The highest BCUT2D eigenvalue weighted by Gasteiger charge is 2.17. The summed E-state index contributed by atoms with van der Waals surface area (Å²) in [4.78, 5) is 58.0. The van der Waals surface area contributed by atoms with Crippen molar-refractivity contribution in [3.8, 4) is 0 Å². The van der Waals surface area contributed by atoms with Crippen LogP contribution in [0.3, 0.4) is 0 Å². The number of ketones is 1. The number of carboxylic acid groups (broad SMARTS) is 2. The van der Waals surface area contributed by atoms with E-state index in [9.17, 15) is 14.4 Å². The van der Waals surface area contributed by atoms with Gasteiger partial charge >= 0.3 is 17.6 Å². The summed E-state index contributed by atoms with van der Waals surface area (Å²) in [6.45, 7) is 6.78. The number of Topliss-reactive ketones (excluding diaryl/α,β-unsaturated/α-hetero) is 1. The first kappa shape index (κ1) is 26.3. The first-order valence-electron chi connectivity index (χ1n) is 10.6. The van der Waals surface area contributed by atoms with E-state index < -0.39 is 11.9 Å². The number of carbonyl (C=O) groups excluding carboxylic acids is 1. The van der Waals surface area contributed by atoms with E-state index in [0.717, 1.165) is 48.5 Å². The second kappa shape index (κ2) is 11.8. The van der Waals surface area contributed by atoms with Gasteiger partial charge in [-0.3, -0.25) is 23.6 Å². The molecule has 3 rings (SSSR count). The number of nitrogens with zero attached hydrogens (tertiary/aromatic N) is 4. The number of carbonyl (C=O) groups is 3. The van der Waals surface area contributed by atoms with E-state index >= 15 is 0 Å². The first-order chi connectivity index (χ1) is 16.0. The third-order valence-corrected chi connectivity index (χ3v) is 5.45. The van der Waals surface area contributed by atoms with Gasteiger partial charge in [0.2, 0.25) is 0 Å². The van der Waals surface area contributed by atoms with E-state index in [4.69, 9.17) is 19.8 Å². The summed E-state index contributed by atoms with van der Waals surface area (Å²) in [7, 11) is 3.13. The molecule has 0 unspecified atom stereocenters. The summed E-state index contributed by atoms with van der Waals surface area (Å²) in [6, 6.07) is 9.21. The number of aliphatic carboxylic acids is 2. The Kier molecular flexibility index (Phi) is 9.13. The number of hydrogen-bond acceptors (Lipinski definition) is 8. The van der Waals surface area contributed by atoms with Crippen molar-refractivity contribution >= 4 is 29.2 Å². The third kappa shape index (κ3) is 7.04. The minimum atomic E-state index is -1.82. The molecule has 34 heavy (non-hydrogen) atoms. The van der Waals surface area contributed by atoms with E-state index in [0.29, 0.717) is 12.4 Å². The van der Waals surface area contributed by atoms with Crippen molar-refractivity contribution in [3.05, 3.63) is 56.7 Å². The van der Waals surface area contributed by atoms with Gasteiger partial charge in [0.05, 0.1) is 0 Å². The van der Waals surface area contributed by atoms with Gasteiger partial charge in [-0.15, -0.1) is 0 Å². The van der Waals surface area contributed by atoms with Gasteiger partial charge in [-0.05, 0) is 31.2 Å². The molecule has 0 bridgehead atoms. The molecule has 3 N–H and O–H groups in total. The largest absolute Gasteiger partial charge is 0.473 e. The summed E-state index contributed by atoms with van der Waals surface area (Å²) >= 11 is 0. The minimum absolute atomic E-state index is 0.0811. The van der Waals surface area contributed by atoms with E-state index in [1.165, 1.54) is 17.7 Å². The van der Waals surface area contributed by atoms with E-state index in [2.05, 4.69) is 15.1 Å². The molecule has 1 aliphatic rings. The van der Waals surface area contributed by atoms with Crippen LogP contribution in [0.5, 0.6) is 0 Å². The standard InChI is InChI=1S/C20H27N5O3.C2H2O4/c1-15(26)16-4-6-17(7-5-16)25-12-10-24(11-13-25)9-8-21-18-14-19(27)23(3)20(28)22(18)2;3-1(4)2(5)6/h4-7,14,21H,8-13H2,1-3H3;(H,3,4)(H,5,6). The molecular formula is C22H29N5O7. The van der Waals surface area contributed by atoms with Crippen LogP contribution in [-0.2, 0) is 23.7 Å². The lowest BCUT2D eigenvalue weighted by Crippen LogP contribution is -2.47. The number of anilines is 2. The maximum Gasteiger partial charge on any atom is 0.414 e. The number of aromatic nitrogens is 2. The Morgan fingerprint density at radius 2 is 1.47 bits per heavy atom. The van der Waals surface area contributed by atoms with Crippen molar-refractivity contribution in [3.63, 3.8) is 0 Å². The topological polar surface area (TPSA) is 154 Å². The second-order valence-corrected chi connectivity index (χ2v) is 7.74. The van der Waals surface area contributed by atoms with Crippen molar-refractivity contribution in [2.45, 2.75) is 6.92 Å². The molecule has 0 aliphatic carbocycles. The normalized spacial score (nSPS) is 13.6. The van der Waals surface area contributed by atoms with Crippen LogP contribution in [0.25, 0.3) is 0 Å². The van der Waals surface area contributed by atoms with Crippen molar-refractivity contribution in [2.24, 2.45) is 14.1 Å². The van der Waals surface area contributed by atoms with Crippen LogP contribution in [-0.4, -0.2) is 81.2 Å². The molecule has 1 fully saturated rings. The van der Waals surface area contributed by atoms with Gasteiger partial charge in [-0.1, -0.05) is 0 Å². The van der Waals surface area contributed by atoms with Gasteiger partial charge in [0, 0.05) is 70.7 Å². The van der Waals surface area contributed by atoms with Crippen LogP contribution in [0.4, 0.5) is 11.5 Å². The molecule has 0 saturated carbocycles. The van der Waals surface area contributed by atoms with Crippen LogP contribution < -0.4 is 21.5 Å². The van der Waals surface area contributed by atoms with Gasteiger partial charge in [0.1, 0.15) is 5.82 Å². The molecule has 0 spiro atoms. The predicted molar refractivity (Wildman–Crippen MR) is 126 cm³/mol. The van der Waals surface area contributed by atoms with Crippen molar-refractivity contribution < 1.29 is 24.6 Å². The molecule has 12 heteroatoms. The Labute approximate surface area is 195 Å². The third-order valence-electron chi connectivity index (χ3n) is 5.45. The lowest BCUT2D eigenvalue weighted by Gasteiger charge is -2.36. The van der Waals surface area contributed by atoms with Crippen LogP contribution in [0.1, 0.15) is 17.3 Å². The van der Waals surface area contributed by atoms with Gasteiger partial charge in [-0.2, -0.15) is 0 Å². The van der Waals surface area contributed by atoms with Gasteiger partial charge in [0.25, 0.3) is 5.56 Å². The Morgan fingerprint density at radius 3 is 1.97 bits per heavy atom. The van der Waals surface area contributed by atoms with Gasteiger partial charge < -0.3 is 20.4 Å². The zero-order valence-corrected chi connectivity index (χ0v) is 19.4. The number of carboxylic acids is 2. The molecule has 0 atom stereocenters. The molecular weight excluding hydrogens is 446 g/mol. The molecule has 1 aromatic carbocycles. The van der Waals surface area contributed by atoms with Gasteiger partial charge in [0.15, 0.2) is 5.78 Å². The molecule has 2 aromatic rings. The fourth-order valence-electron chi connectivity index (χ4n) is 3.38. The van der Waals surface area contributed by atoms with Crippen LogP contribution in [0.15, 0.2) is 39.9 Å². The molecule has 0 radical (unpaired) electrons. The quantitative estimate of drug-likeness (QED) is 0.374. The first-order valence-corrected chi connectivity index (χ1v) is 10.6. The Bertz CT molecular complexity index is 1130. The van der Waals surface area contributed by atoms with Crippen LogP contribution in [0.2, 0.25) is 0 Å². The molecule has 2 heterocycles. The fourth-order valence-corrected chi connectivity index (χ4v) is 3.38. The van der Waals surface area contributed by atoms with Crippen molar-refractivity contribution in [1.29, 1.82) is 0 Å². The fraction of sp³-hybridized carbons (Fsp3) is 0.409. The lowest BCUT2D eigenvalue weighted by atomic mass is 10.1. The maximum atomic E-state index is 12.0. The summed E-state index contributed by atoms with van der Waals surface area (Å²) in [5.41, 5.74) is 1.23.